The number of ether oxygens (including phenoxy) is 1. The highest BCUT2D eigenvalue weighted by Crippen LogP contribution is 2.42. The zero-order valence-corrected chi connectivity index (χ0v) is 32.0. The Hall–Kier alpha value is -4.41. The first-order chi connectivity index (χ1) is 26.6. The number of nitrogens with zero attached hydrogens (tertiary/aromatic N) is 4. The summed E-state index contributed by atoms with van der Waals surface area (Å²) in [6.45, 7) is 9.87. The molecule has 0 aliphatic carbocycles. The van der Waals surface area contributed by atoms with Crippen molar-refractivity contribution in [3.8, 4) is 35.4 Å². The van der Waals surface area contributed by atoms with Crippen molar-refractivity contribution < 1.29 is 52.9 Å². The molecule has 13 nitrogen and oxygen atoms in total. The number of nitrogens with one attached hydrogen (secondary N) is 2. The Morgan fingerprint density at radius 3 is 2.39 bits per heavy atom. The number of rotatable bonds is 10. The highest BCUT2D eigenvalue weighted by atomic mass is 19.3. The largest absolute Gasteiger partial charge is 0.508 e. The highest BCUT2D eigenvalue weighted by Gasteiger charge is 2.52. The molecule has 8 N–H and O–H groups in total. The van der Waals surface area contributed by atoms with Crippen molar-refractivity contribution in [2.24, 2.45) is 11.8 Å². The van der Waals surface area contributed by atoms with E-state index in [1.54, 1.807) is 0 Å². The third-order valence-electron chi connectivity index (χ3n) is 9.55. The summed E-state index contributed by atoms with van der Waals surface area (Å²) in [5.41, 5.74) is -0.755. The summed E-state index contributed by atoms with van der Waals surface area (Å²) >= 11 is 0. The van der Waals surface area contributed by atoms with Crippen LogP contribution in [0.15, 0.2) is 24.3 Å². The van der Waals surface area contributed by atoms with E-state index in [-0.39, 0.29) is 45.2 Å². The van der Waals surface area contributed by atoms with Crippen LogP contribution >= 0.6 is 0 Å². The van der Waals surface area contributed by atoms with Gasteiger partial charge < -0.3 is 46.0 Å². The fourth-order valence-corrected chi connectivity index (χ4v) is 7.03. The quantitative estimate of drug-likeness (QED) is 0.0473. The molecule has 2 aliphatic heterocycles. The lowest BCUT2D eigenvalue weighted by molar-refractivity contribution is -0.413. The number of hydrogen-bond acceptors (Lipinski definition) is 13. The maximum atomic E-state index is 17.0. The molecule has 3 atom stereocenters. The fraction of sp³-hybridized carbons (Fsp3) is 0.513. The molecule has 0 bridgehead atoms. The van der Waals surface area contributed by atoms with Crippen LogP contribution in [0.4, 0.5) is 23.4 Å². The van der Waals surface area contributed by atoms with Crippen LogP contribution in [0.25, 0.3) is 32.9 Å². The van der Waals surface area contributed by atoms with E-state index < -0.39 is 73.0 Å². The molecule has 1 saturated heterocycles. The van der Waals surface area contributed by atoms with Crippen LogP contribution in [-0.4, -0.2) is 101 Å². The first-order valence-electron chi connectivity index (χ1n) is 18.8. The summed E-state index contributed by atoms with van der Waals surface area (Å²) < 4.78 is 65.6. The summed E-state index contributed by atoms with van der Waals surface area (Å²) in [4.78, 5) is 13.6. The van der Waals surface area contributed by atoms with Crippen LogP contribution in [0.3, 0.4) is 0 Å². The van der Waals surface area contributed by atoms with Crippen molar-refractivity contribution in [1.29, 1.82) is 0 Å². The molecule has 0 amide bonds. The van der Waals surface area contributed by atoms with E-state index in [9.17, 15) is 43.8 Å². The Morgan fingerprint density at radius 2 is 1.75 bits per heavy atom. The number of piperidine rings is 1. The number of likely N-dealkylation sites (tertiary alicyclic amines) is 1. The minimum atomic E-state index is -3.51. The summed E-state index contributed by atoms with van der Waals surface area (Å²) in [7, 11) is 0. The number of aryl methyl sites for hydroxylation is 1. The predicted molar refractivity (Wildman–Crippen MR) is 202 cm³/mol. The topological polar surface area (TPSA) is 197 Å². The van der Waals surface area contributed by atoms with Gasteiger partial charge in [0.15, 0.2) is 5.82 Å². The number of pyridine rings is 1. The zero-order valence-electron chi connectivity index (χ0n) is 32.0. The molecule has 2 aromatic carbocycles. The standard InChI is InChI=1S/C35H38F4N6O7.2C2H6/c1-3-11-40-15-18-6-5-7-25-27-30(28(37)29(42-25)22-14-19(46)13-17-8-9-24(36)20(4-2)26(17)22)43-33(44-32(27)41-18)52-34(47,48)23-16-45(35(49,50)51)12-10-21(23)31(38)39;2*1-2/h2,8-9,13-14,18,21,23,31,40,46-51H,3,5-7,10-12,15-16H2,1H3,(H,41,43,44);2*1-2H3. The van der Waals surface area contributed by atoms with Gasteiger partial charge in [0.05, 0.1) is 22.6 Å². The average molecular weight is 791 g/mol. The molecular formula is C39H50F4N6O7. The number of benzene rings is 2. The van der Waals surface area contributed by atoms with Gasteiger partial charge in [-0.05, 0) is 62.2 Å². The number of anilines is 1. The second-order valence-electron chi connectivity index (χ2n) is 13.1. The van der Waals surface area contributed by atoms with Crippen molar-refractivity contribution in [3.05, 3.63) is 47.2 Å². The van der Waals surface area contributed by atoms with Gasteiger partial charge in [-0.15, -0.1) is 6.42 Å². The maximum Gasteiger partial charge on any atom is 0.345 e. The lowest BCUT2D eigenvalue weighted by Crippen LogP contribution is -2.61. The maximum absolute atomic E-state index is 17.0. The molecule has 2 aromatic heterocycles. The van der Waals surface area contributed by atoms with Crippen LogP contribution in [-0.2, 0) is 6.42 Å². The van der Waals surface area contributed by atoms with E-state index >= 15 is 4.39 Å². The Labute approximate surface area is 322 Å². The van der Waals surface area contributed by atoms with Crippen LogP contribution in [0.2, 0.25) is 0 Å². The second-order valence-corrected chi connectivity index (χ2v) is 13.1. The first-order valence-corrected chi connectivity index (χ1v) is 18.8. The normalized spacial score (nSPS) is 18.9. The van der Waals surface area contributed by atoms with E-state index in [0.717, 1.165) is 12.5 Å². The molecule has 0 spiro atoms. The number of aromatic hydroxyl groups is 1. The van der Waals surface area contributed by atoms with Gasteiger partial charge in [-0.25, -0.2) is 27.4 Å². The molecule has 6 rings (SSSR count). The Morgan fingerprint density at radius 1 is 1.04 bits per heavy atom. The van der Waals surface area contributed by atoms with Gasteiger partial charge in [-0.3, -0.25) is 0 Å². The SMILES string of the molecule is C#Cc1c(F)ccc2cc(O)cc(-c3nc4c5c(nc(OC(O)(O)C6CN(C(O)(O)O)CCC6C(F)F)nc5c3F)NC(CNCCC)CCC4)c12.CC.CC. The second kappa shape index (κ2) is 18.7. The Balaban J connectivity index is 0.00000169. The van der Waals surface area contributed by atoms with Crippen molar-refractivity contribution in [1.82, 2.24) is 25.2 Å². The molecule has 3 unspecified atom stereocenters. The number of fused-ring (bicyclic) bond motifs is 1. The lowest BCUT2D eigenvalue weighted by Gasteiger charge is -2.44. The van der Waals surface area contributed by atoms with Crippen molar-refractivity contribution in [2.45, 2.75) is 91.3 Å². The monoisotopic (exact) mass is 790 g/mol. The number of aliphatic hydroxyl groups is 5. The Bertz CT molecular complexity index is 2030. The molecule has 306 valence electrons. The van der Waals surface area contributed by atoms with E-state index in [0.29, 0.717) is 48.3 Å². The summed E-state index contributed by atoms with van der Waals surface area (Å²) in [6, 6.07) is 3.87. The fourth-order valence-electron chi connectivity index (χ4n) is 7.03. The molecule has 4 aromatic rings. The zero-order chi connectivity index (χ0) is 41.5. The van der Waals surface area contributed by atoms with Gasteiger partial charge in [-0.1, -0.05) is 46.6 Å². The third-order valence-corrected chi connectivity index (χ3v) is 9.55. The molecule has 56 heavy (non-hydrogen) atoms. The minimum absolute atomic E-state index is 0.0151. The third kappa shape index (κ3) is 9.40. The van der Waals surface area contributed by atoms with E-state index in [1.807, 2.05) is 34.6 Å². The van der Waals surface area contributed by atoms with E-state index in [1.165, 1.54) is 18.2 Å². The molecule has 1 fully saturated rings. The van der Waals surface area contributed by atoms with Crippen LogP contribution in [0.5, 0.6) is 11.8 Å². The summed E-state index contributed by atoms with van der Waals surface area (Å²) in [5, 5.41) is 69.1. The van der Waals surface area contributed by atoms with Gasteiger partial charge in [0, 0.05) is 42.5 Å². The van der Waals surface area contributed by atoms with Gasteiger partial charge in [-0.2, -0.15) is 9.97 Å². The summed E-state index contributed by atoms with van der Waals surface area (Å²) in [5.74, 6) is -7.12. The van der Waals surface area contributed by atoms with Gasteiger partial charge in [0.25, 0.3) is 0 Å². The molecule has 4 heterocycles. The number of hydrogen-bond donors (Lipinski definition) is 8. The van der Waals surface area contributed by atoms with Crippen molar-refractivity contribution in [2.75, 3.05) is 31.5 Å². The highest BCUT2D eigenvalue weighted by molar-refractivity contribution is 6.03. The number of phenols is 1. The minimum Gasteiger partial charge on any atom is -0.508 e. The van der Waals surface area contributed by atoms with E-state index in [4.69, 9.17) is 11.2 Å². The number of aromatic nitrogens is 3. The van der Waals surface area contributed by atoms with Crippen molar-refractivity contribution >= 4 is 27.5 Å². The van der Waals surface area contributed by atoms with Crippen LogP contribution in [0.1, 0.15) is 71.6 Å². The van der Waals surface area contributed by atoms with Crippen molar-refractivity contribution in [3.63, 3.8) is 0 Å². The number of phenolic OH excluding ortho intramolecular Hbond substituents is 1. The number of halogens is 4. The average Bonchev–Trinajstić information content (AvgIpc) is 3.15. The number of alkyl halides is 2. The lowest BCUT2D eigenvalue weighted by atomic mass is 9.83. The summed E-state index contributed by atoms with van der Waals surface area (Å²) in [6.07, 6.45) is 0.880. The Kier molecular flexibility index (Phi) is 14.8. The van der Waals surface area contributed by atoms with Gasteiger partial charge in [0.2, 0.25) is 6.43 Å². The molecule has 0 saturated carbocycles. The first kappa shape index (κ1) is 44.3. The molecule has 17 heteroatoms. The smallest absolute Gasteiger partial charge is 0.345 e. The van der Waals surface area contributed by atoms with E-state index in [2.05, 4.69) is 31.5 Å². The molecular weight excluding hydrogens is 740 g/mol. The van der Waals surface area contributed by atoms with Crippen LogP contribution in [0, 0.1) is 35.8 Å². The van der Waals surface area contributed by atoms with Gasteiger partial charge in [0.1, 0.15) is 28.6 Å². The predicted octanol–water partition coefficient (Wildman–Crippen LogP) is 4.79. The molecule has 0 radical (unpaired) electrons. The van der Waals surface area contributed by atoms with Crippen LogP contribution < -0.4 is 15.4 Å². The number of terminal acetylenes is 1. The molecule has 2 aliphatic rings. The van der Waals surface area contributed by atoms with Gasteiger partial charge >= 0.3 is 18.1 Å².